The van der Waals surface area contributed by atoms with Gasteiger partial charge in [0.1, 0.15) is 0 Å². The van der Waals surface area contributed by atoms with Crippen LogP contribution in [0.25, 0.3) is 0 Å². The second kappa shape index (κ2) is 12.2. The first-order chi connectivity index (χ1) is 12.1. The fourth-order valence-electron chi connectivity index (χ4n) is 2.60. The Morgan fingerprint density at radius 1 is 1.35 bits per heavy atom. The molecule has 26 heavy (non-hydrogen) atoms. The Balaban J connectivity index is 0.00000338. The molecule has 6 nitrogen and oxygen atoms in total. The predicted molar refractivity (Wildman–Crippen MR) is 117 cm³/mol. The Labute approximate surface area is 177 Å². The van der Waals surface area contributed by atoms with Crippen molar-refractivity contribution in [3.05, 3.63) is 34.9 Å². The van der Waals surface area contributed by atoms with Crippen molar-refractivity contribution in [2.75, 3.05) is 26.7 Å². The molecule has 1 aliphatic rings. The Kier molecular flexibility index (Phi) is 10.7. The maximum Gasteiger partial charge on any atom is 0.407 e. The van der Waals surface area contributed by atoms with Crippen molar-refractivity contribution in [1.82, 2.24) is 16.0 Å². The first-order valence-electron chi connectivity index (χ1n) is 8.75. The summed E-state index contributed by atoms with van der Waals surface area (Å²) in [4.78, 5) is 15.9. The van der Waals surface area contributed by atoms with Crippen LogP contribution >= 0.6 is 35.6 Å². The van der Waals surface area contributed by atoms with Gasteiger partial charge in [0, 0.05) is 25.2 Å². The van der Waals surface area contributed by atoms with Gasteiger partial charge in [0.15, 0.2) is 5.96 Å². The van der Waals surface area contributed by atoms with E-state index in [9.17, 15) is 4.79 Å². The highest BCUT2D eigenvalue weighted by molar-refractivity contribution is 14.0. The van der Waals surface area contributed by atoms with Crippen LogP contribution in [0.5, 0.6) is 0 Å². The summed E-state index contributed by atoms with van der Waals surface area (Å²) in [6.07, 6.45) is 2.73. The number of alkyl carbamates (subject to hydrolysis) is 1. The molecule has 1 atom stereocenters. The lowest BCUT2D eigenvalue weighted by Crippen LogP contribution is -2.48. The molecular weight excluding hydrogens is 467 g/mol. The molecule has 1 fully saturated rings. The number of carbonyl (C=O) groups excluding carboxylic acids is 1. The van der Waals surface area contributed by atoms with Crippen LogP contribution in [0.4, 0.5) is 4.79 Å². The van der Waals surface area contributed by atoms with Gasteiger partial charge in [0.2, 0.25) is 0 Å². The number of carbonyl (C=O) groups is 1. The molecule has 0 bridgehead atoms. The van der Waals surface area contributed by atoms with Crippen molar-refractivity contribution >= 4 is 47.6 Å². The average Bonchev–Trinajstić information content (AvgIpc) is 3.43. The lowest BCUT2D eigenvalue weighted by molar-refractivity contribution is 0.146. The van der Waals surface area contributed by atoms with Gasteiger partial charge in [-0.05, 0) is 43.7 Å². The van der Waals surface area contributed by atoms with Gasteiger partial charge in [0.25, 0.3) is 0 Å². The molecule has 1 aromatic rings. The van der Waals surface area contributed by atoms with Crippen LogP contribution in [0.2, 0.25) is 5.02 Å². The smallest absolute Gasteiger partial charge is 0.407 e. The van der Waals surface area contributed by atoms with Crippen LogP contribution in [0, 0.1) is 5.92 Å². The molecule has 1 saturated carbocycles. The molecule has 0 spiro atoms. The molecule has 0 aromatic heterocycles. The summed E-state index contributed by atoms with van der Waals surface area (Å²) in [6, 6.07) is 7.88. The normalized spacial score (nSPS) is 14.8. The molecule has 1 aromatic carbocycles. The van der Waals surface area contributed by atoms with E-state index >= 15 is 0 Å². The fourth-order valence-corrected chi connectivity index (χ4v) is 2.83. The Morgan fingerprint density at radius 3 is 2.69 bits per heavy atom. The highest BCUT2D eigenvalue weighted by Gasteiger charge is 2.32. The highest BCUT2D eigenvalue weighted by Crippen LogP contribution is 2.32. The van der Waals surface area contributed by atoms with E-state index in [0.29, 0.717) is 25.0 Å². The van der Waals surface area contributed by atoms with Gasteiger partial charge in [-0.2, -0.15) is 0 Å². The molecule has 0 heterocycles. The number of hydrogen-bond acceptors (Lipinski definition) is 3. The minimum absolute atomic E-state index is 0. The summed E-state index contributed by atoms with van der Waals surface area (Å²) in [6.45, 7) is 3.52. The van der Waals surface area contributed by atoms with Crippen molar-refractivity contribution in [3.8, 4) is 0 Å². The van der Waals surface area contributed by atoms with Gasteiger partial charge >= 0.3 is 6.09 Å². The summed E-state index contributed by atoms with van der Waals surface area (Å²) in [5.74, 6) is 1.22. The van der Waals surface area contributed by atoms with Crippen molar-refractivity contribution in [1.29, 1.82) is 0 Å². The number of halogens is 2. The number of aliphatic imine (C=N–C) groups is 1. The molecule has 1 amide bonds. The molecule has 0 saturated heterocycles. The zero-order chi connectivity index (χ0) is 18.1. The fraction of sp³-hybridized carbons (Fsp3) is 0.556. The monoisotopic (exact) mass is 494 g/mol. The van der Waals surface area contributed by atoms with E-state index in [0.717, 1.165) is 36.4 Å². The first kappa shape index (κ1) is 22.8. The van der Waals surface area contributed by atoms with E-state index in [2.05, 4.69) is 20.9 Å². The van der Waals surface area contributed by atoms with Crippen molar-refractivity contribution in [2.24, 2.45) is 10.9 Å². The van der Waals surface area contributed by atoms with E-state index in [1.54, 1.807) is 14.0 Å². The molecular formula is C18H28ClIN4O2. The van der Waals surface area contributed by atoms with Crippen LogP contribution in [-0.4, -0.2) is 44.8 Å². The van der Waals surface area contributed by atoms with Crippen LogP contribution in [0.1, 0.15) is 25.3 Å². The zero-order valence-corrected chi connectivity index (χ0v) is 18.3. The number of ether oxygens (including phenoxy) is 1. The summed E-state index contributed by atoms with van der Waals surface area (Å²) in [5, 5.41) is 10.3. The molecule has 146 valence electrons. The lowest BCUT2D eigenvalue weighted by Gasteiger charge is -2.20. The summed E-state index contributed by atoms with van der Waals surface area (Å²) < 4.78 is 4.97. The maximum atomic E-state index is 11.6. The third kappa shape index (κ3) is 7.99. The zero-order valence-electron chi connectivity index (χ0n) is 15.3. The number of nitrogens with one attached hydrogen (secondary N) is 3. The Bertz CT molecular complexity index is 596. The number of rotatable bonds is 8. The van der Waals surface area contributed by atoms with E-state index in [-0.39, 0.29) is 36.1 Å². The van der Waals surface area contributed by atoms with Crippen molar-refractivity contribution in [2.45, 2.75) is 32.2 Å². The van der Waals surface area contributed by atoms with Crippen molar-refractivity contribution < 1.29 is 9.53 Å². The topological polar surface area (TPSA) is 74.8 Å². The molecule has 0 aliphatic heterocycles. The number of nitrogens with zero attached hydrogens (tertiary/aromatic N) is 1. The van der Waals surface area contributed by atoms with Crippen LogP contribution in [-0.2, 0) is 11.2 Å². The van der Waals surface area contributed by atoms with E-state index in [4.69, 9.17) is 16.3 Å². The van der Waals surface area contributed by atoms with Gasteiger partial charge in [-0.1, -0.05) is 29.8 Å². The number of amides is 1. The molecule has 8 heteroatoms. The van der Waals surface area contributed by atoms with Gasteiger partial charge in [0.05, 0.1) is 12.6 Å². The van der Waals surface area contributed by atoms with E-state index in [1.165, 1.54) is 0 Å². The molecule has 3 N–H and O–H groups in total. The van der Waals surface area contributed by atoms with Crippen LogP contribution in [0.3, 0.4) is 0 Å². The highest BCUT2D eigenvalue weighted by atomic mass is 127. The Hall–Kier alpha value is -1.22. The summed E-state index contributed by atoms with van der Waals surface area (Å²) >= 11 is 6.17. The van der Waals surface area contributed by atoms with Crippen molar-refractivity contribution in [3.63, 3.8) is 0 Å². The third-order valence-corrected chi connectivity index (χ3v) is 4.50. The SMILES string of the molecule is CCOC(=O)NC(CNC(=NC)NCCc1ccccc1Cl)C1CC1.I. The quantitative estimate of drug-likeness (QED) is 0.295. The van der Waals surface area contributed by atoms with E-state index < -0.39 is 0 Å². The molecule has 2 rings (SSSR count). The number of guanidine groups is 1. The Morgan fingerprint density at radius 2 is 2.08 bits per heavy atom. The van der Waals surface area contributed by atoms with Gasteiger partial charge in [-0.15, -0.1) is 24.0 Å². The first-order valence-corrected chi connectivity index (χ1v) is 9.13. The van der Waals surface area contributed by atoms with Crippen LogP contribution < -0.4 is 16.0 Å². The average molecular weight is 495 g/mol. The molecule has 0 radical (unpaired) electrons. The second-order valence-electron chi connectivity index (χ2n) is 6.03. The largest absolute Gasteiger partial charge is 0.450 e. The predicted octanol–water partition coefficient (Wildman–Crippen LogP) is 3.19. The number of benzene rings is 1. The van der Waals surface area contributed by atoms with Crippen LogP contribution in [0.15, 0.2) is 29.3 Å². The van der Waals surface area contributed by atoms with Gasteiger partial charge in [-0.25, -0.2) is 4.79 Å². The lowest BCUT2D eigenvalue weighted by atomic mass is 10.1. The molecule has 1 aliphatic carbocycles. The minimum Gasteiger partial charge on any atom is -0.450 e. The van der Waals surface area contributed by atoms with Gasteiger partial charge < -0.3 is 20.7 Å². The third-order valence-electron chi connectivity index (χ3n) is 4.13. The van der Waals surface area contributed by atoms with Gasteiger partial charge in [-0.3, -0.25) is 4.99 Å². The number of hydrogen-bond donors (Lipinski definition) is 3. The van der Waals surface area contributed by atoms with E-state index in [1.807, 2.05) is 24.3 Å². The standard InChI is InChI=1S/C18H27ClN4O2.HI/c1-3-25-18(24)23-16(14-8-9-14)12-22-17(20-2)21-11-10-13-6-4-5-7-15(13)19;/h4-7,14,16H,3,8-12H2,1-2H3,(H,23,24)(H2,20,21,22);1H. The maximum absolute atomic E-state index is 11.6. The summed E-state index contributed by atoms with van der Waals surface area (Å²) in [5.41, 5.74) is 1.10. The minimum atomic E-state index is -0.358. The molecule has 1 unspecified atom stereocenters. The second-order valence-corrected chi connectivity index (χ2v) is 6.44. The summed E-state index contributed by atoms with van der Waals surface area (Å²) in [7, 11) is 1.73.